The molecule has 0 N–H and O–H groups in total. The first kappa shape index (κ1) is 14.2. The highest BCUT2D eigenvalue weighted by Gasteiger charge is 2.13. The van der Waals surface area contributed by atoms with Crippen LogP contribution in [0.2, 0.25) is 5.02 Å². The summed E-state index contributed by atoms with van der Waals surface area (Å²) in [4.78, 5) is 12.0. The predicted molar refractivity (Wildman–Crippen MR) is 73.5 cm³/mol. The van der Waals surface area contributed by atoms with Crippen LogP contribution in [0.25, 0.3) is 0 Å². The Balaban J connectivity index is 2.28. The van der Waals surface area contributed by atoms with Crippen LogP contribution < -0.4 is 0 Å². The summed E-state index contributed by atoms with van der Waals surface area (Å²) < 4.78 is 26.9. The van der Waals surface area contributed by atoms with E-state index in [2.05, 4.69) is 15.9 Å². The fraction of sp³-hybridized carbons (Fsp3) is 0.0714. The van der Waals surface area contributed by atoms with Crippen molar-refractivity contribution in [2.75, 3.05) is 0 Å². The third-order valence-electron chi connectivity index (χ3n) is 2.57. The first-order valence-corrected chi connectivity index (χ1v) is 6.56. The van der Waals surface area contributed by atoms with Gasteiger partial charge in [0, 0.05) is 16.5 Å². The molecule has 5 heteroatoms. The average molecular weight is 346 g/mol. The number of Topliss-reactive ketones (excluding diaryl/α,β-unsaturated/α-hetero) is 1. The maximum atomic E-state index is 13.2. The fourth-order valence-electron chi connectivity index (χ4n) is 1.67. The minimum atomic E-state index is -0.576. The summed E-state index contributed by atoms with van der Waals surface area (Å²) in [5.41, 5.74) is 0.597. The summed E-state index contributed by atoms with van der Waals surface area (Å²) in [5.74, 6) is -1.41. The molecule has 0 spiro atoms. The Labute approximate surface area is 122 Å². The second kappa shape index (κ2) is 5.80. The number of benzene rings is 2. The van der Waals surface area contributed by atoms with Crippen molar-refractivity contribution in [1.82, 2.24) is 0 Å². The molecule has 98 valence electrons. The molecule has 2 aromatic rings. The first-order chi connectivity index (χ1) is 8.97. The van der Waals surface area contributed by atoms with E-state index < -0.39 is 11.6 Å². The molecule has 0 amide bonds. The van der Waals surface area contributed by atoms with Gasteiger partial charge in [-0.3, -0.25) is 4.79 Å². The largest absolute Gasteiger partial charge is 0.294 e. The van der Waals surface area contributed by atoms with Gasteiger partial charge in [0.2, 0.25) is 0 Å². The fourth-order valence-corrected chi connectivity index (χ4v) is 2.33. The van der Waals surface area contributed by atoms with Gasteiger partial charge in [-0.25, -0.2) is 8.78 Å². The number of hydrogen-bond acceptors (Lipinski definition) is 1. The van der Waals surface area contributed by atoms with Gasteiger partial charge in [0.1, 0.15) is 11.6 Å². The lowest BCUT2D eigenvalue weighted by Gasteiger charge is -2.05. The van der Waals surface area contributed by atoms with E-state index in [9.17, 15) is 13.6 Å². The van der Waals surface area contributed by atoms with Gasteiger partial charge in [0.15, 0.2) is 5.78 Å². The standard InChI is InChI=1S/C14H8BrClF2O/c15-10-4-9(5-11(17)7-10)13(19)6-8-2-1-3-12(18)14(8)16/h1-5,7H,6H2. The molecule has 19 heavy (non-hydrogen) atoms. The summed E-state index contributed by atoms with van der Waals surface area (Å²) in [6.07, 6.45) is -0.0769. The maximum Gasteiger partial charge on any atom is 0.167 e. The van der Waals surface area contributed by atoms with Gasteiger partial charge in [0.05, 0.1) is 5.02 Å². The molecule has 2 aromatic carbocycles. The van der Waals surface area contributed by atoms with E-state index in [-0.39, 0.29) is 22.8 Å². The number of carbonyl (C=O) groups is 1. The van der Waals surface area contributed by atoms with Crippen LogP contribution in [0.3, 0.4) is 0 Å². The second-order valence-electron chi connectivity index (χ2n) is 3.97. The van der Waals surface area contributed by atoms with Crippen molar-refractivity contribution in [3.05, 3.63) is 68.7 Å². The molecule has 0 unspecified atom stereocenters. The highest BCUT2D eigenvalue weighted by atomic mass is 79.9. The van der Waals surface area contributed by atoms with E-state index in [1.54, 1.807) is 6.07 Å². The van der Waals surface area contributed by atoms with Crippen LogP contribution in [0.5, 0.6) is 0 Å². The van der Waals surface area contributed by atoms with Crippen LogP contribution in [-0.4, -0.2) is 5.78 Å². The summed E-state index contributed by atoms with van der Waals surface area (Å²) >= 11 is 8.89. The Bertz CT molecular complexity index is 623. The second-order valence-corrected chi connectivity index (χ2v) is 5.26. The van der Waals surface area contributed by atoms with E-state index >= 15 is 0 Å². The number of ketones is 1. The zero-order chi connectivity index (χ0) is 14.0. The molecule has 1 nitrogen and oxygen atoms in total. The molecule has 0 aliphatic rings. The van der Waals surface area contributed by atoms with Gasteiger partial charge in [-0.2, -0.15) is 0 Å². The van der Waals surface area contributed by atoms with Gasteiger partial charge in [-0.1, -0.05) is 39.7 Å². The summed E-state index contributed by atoms with van der Waals surface area (Å²) in [6, 6.07) is 8.17. The molecular weight excluding hydrogens is 338 g/mol. The van der Waals surface area contributed by atoms with Crippen molar-refractivity contribution in [3.8, 4) is 0 Å². The molecule has 0 fully saturated rings. The van der Waals surface area contributed by atoms with Gasteiger partial charge in [0.25, 0.3) is 0 Å². The Hall–Kier alpha value is -1.26. The molecule has 0 aliphatic carbocycles. The first-order valence-electron chi connectivity index (χ1n) is 5.39. The monoisotopic (exact) mass is 344 g/mol. The SMILES string of the molecule is O=C(Cc1cccc(F)c1Cl)c1cc(F)cc(Br)c1. The van der Waals surface area contributed by atoms with Crippen LogP contribution >= 0.6 is 27.5 Å². The van der Waals surface area contributed by atoms with Crippen LogP contribution in [0.4, 0.5) is 8.78 Å². The molecule has 0 saturated carbocycles. The highest BCUT2D eigenvalue weighted by Crippen LogP contribution is 2.22. The van der Waals surface area contributed by atoms with Crippen LogP contribution in [-0.2, 0) is 6.42 Å². The van der Waals surface area contributed by atoms with Crippen LogP contribution in [0, 0.1) is 11.6 Å². The molecule has 0 heterocycles. The van der Waals surface area contributed by atoms with Crippen molar-refractivity contribution >= 4 is 33.3 Å². The Kier molecular flexibility index (Phi) is 4.32. The molecular formula is C14H8BrClF2O. The van der Waals surface area contributed by atoms with E-state index in [0.29, 0.717) is 10.0 Å². The molecule has 0 aliphatic heterocycles. The summed E-state index contributed by atoms with van der Waals surface area (Å²) in [7, 11) is 0. The number of rotatable bonds is 3. The molecule has 0 atom stereocenters. The number of carbonyl (C=O) groups excluding carboxylic acids is 1. The Morgan fingerprint density at radius 3 is 2.63 bits per heavy atom. The zero-order valence-corrected chi connectivity index (χ0v) is 11.9. The zero-order valence-electron chi connectivity index (χ0n) is 9.59. The molecule has 0 radical (unpaired) electrons. The van der Waals surface area contributed by atoms with E-state index in [1.807, 2.05) is 0 Å². The van der Waals surface area contributed by atoms with Crippen molar-refractivity contribution < 1.29 is 13.6 Å². The van der Waals surface area contributed by atoms with E-state index in [1.165, 1.54) is 24.3 Å². The number of halogens is 4. The number of hydrogen-bond donors (Lipinski definition) is 0. The van der Waals surface area contributed by atoms with Crippen molar-refractivity contribution in [3.63, 3.8) is 0 Å². The molecule has 2 rings (SSSR count). The third-order valence-corrected chi connectivity index (χ3v) is 3.45. The van der Waals surface area contributed by atoms with Crippen molar-refractivity contribution in [2.24, 2.45) is 0 Å². The molecule has 0 aromatic heterocycles. The highest BCUT2D eigenvalue weighted by molar-refractivity contribution is 9.10. The average Bonchev–Trinajstić information content (AvgIpc) is 2.33. The lowest BCUT2D eigenvalue weighted by molar-refractivity contribution is 0.0992. The normalized spacial score (nSPS) is 10.5. The van der Waals surface area contributed by atoms with Gasteiger partial charge < -0.3 is 0 Å². The van der Waals surface area contributed by atoms with Crippen molar-refractivity contribution in [1.29, 1.82) is 0 Å². The Morgan fingerprint density at radius 1 is 1.21 bits per heavy atom. The lowest BCUT2D eigenvalue weighted by atomic mass is 10.0. The van der Waals surface area contributed by atoms with Crippen molar-refractivity contribution in [2.45, 2.75) is 6.42 Å². The Morgan fingerprint density at radius 2 is 1.95 bits per heavy atom. The van der Waals surface area contributed by atoms with Gasteiger partial charge in [-0.15, -0.1) is 0 Å². The molecule has 0 bridgehead atoms. The lowest BCUT2D eigenvalue weighted by Crippen LogP contribution is -2.05. The van der Waals surface area contributed by atoms with E-state index in [4.69, 9.17) is 11.6 Å². The van der Waals surface area contributed by atoms with E-state index in [0.717, 1.165) is 6.07 Å². The third kappa shape index (κ3) is 3.39. The minimum Gasteiger partial charge on any atom is -0.294 e. The van der Waals surface area contributed by atoms with Crippen LogP contribution in [0.15, 0.2) is 40.9 Å². The molecule has 0 saturated heterocycles. The minimum absolute atomic E-state index is 0.0769. The predicted octanol–water partition coefficient (Wildman–Crippen LogP) is 4.81. The van der Waals surface area contributed by atoms with Gasteiger partial charge in [-0.05, 0) is 29.8 Å². The summed E-state index contributed by atoms with van der Waals surface area (Å²) in [6.45, 7) is 0. The van der Waals surface area contributed by atoms with Gasteiger partial charge >= 0.3 is 0 Å². The smallest absolute Gasteiger partial charge is 0.167 e. The quantitative estimate of drug-likeness (QED) is 0.730. The summed E-state index contributed by atoms with van der Waals surface area (Å²) in [5, 5.41) is -0.0775. The maximum absolute atomic E-state index is 13.2. The van der Waals surface area contributed by atoms with Crippen LogP contribution in [0.1, 0.15) is 15.9 Å². The topological polar surface area (TPSA) is 17.1 Å².